The molecule has 0 radical (unpaired) electrons. The van der Waals surface area contributed by atoms with Crippen LogP contribution in [0.25, 0.3) is 11.0 Å². The van der Waals surface area contributed by atoms with Crippen LogP contribution in [0, 0.1) is 0 Å². The fourth-order valence-electron chi connectivity index (χ4n) is 1.72. The highest BCUT2D eigenvalue weighted by molar-refractivity contribution is 5.90. The molecule has 0 amide bonds. The van der Waals surface area contributed by atoms with Crippen LogP contribution < -0.4 is 5.32 Å². The quantitative estimate of drug-likeness (QED) is 0.850. The molecule has 2 heterocycles. The largest absolute Gasteiger partial charge is 0.418 e. The molecule has 4 nitrogen and oxygen atoms in total. The van der Waals surface area contributed by atoms with Gasteiger partial charge in [-0.15, -0.1) is 0 Å². The van der Waals surface area contributed by atoms with Gasteiger partial charge in [-0.25, -0.2) is 9.97 Å². The molecule has 0 bridgehead atoms. The molecule has 0 aromatic carbocycles. The average molecular weight is 242 g/mol. The number of aromatic nitrogens is 3. The van der Waals surface area contributed by atoms with Crippen LogP contribution in [0.15, 0.2) is 12.5 Å². The highest BCUT2D eigenvalue weighted by atomic mass is 19.4. The molecule has 1 aliphatic carbocycles. The van der Waals surface area contributed by atoms with Crippen molar-refractivity contribution >= 4 is 16.9 Å². The number of halogens is 3. The third-order valence-corrected chi connectivity index (χ3v) is 2.69. The lowest BCUT2D eigenvalue weighted by Gasteiger charge is -2.08. The second-order valence-electron chi connectivity index (χ2n) is 4.06. The molecule has 1 fully saturated rings. The Bertz CT molecular complexity index is 556. The van der Waals surface area contributed by atoms with E-state index in [0.29, 0.717) is 0 Å². The predicted molar refractivity (Wildman–Crippen MR) is 55.5 cm³/mol. The zero-order valence-electron chi connectivity index (χ0n) is 8.67. The Balaban J connectivity index is 2.16. The van der Waals surface area contributed by atoms with E-state index in [2.05, 4.69) is 20.3 Å². The second kappa shape index (κ2) is 3.35. The van der Waals surface area contributed by atoms with Crippen LogP contribution in [0.4, 0.5) is 19.0 Å². The molecule has 17 heavy (non-hydrogen) atoms. The molecule has 90 valence electrons. The molecule has 0 unspecified atom stereocenters. The SMILES string of the molecule is FC(F)(F)c1c[nH]c2ncnc(NC3CC3)c12. The van der Waals surface area contributed by atoms with E-state index >= 15 is 0 Å². The normalized spacial score (nSPS) is 16.4. The molecule has 2 aromatic heterocycles. The minimum absolute atomic E-state index is 0.0203. The van der Waals surface area contributed by atoms with Gasteiger partial charge in [-0.2, -0.15) is 13.2 Å². The lowest BCUT2D eigenvalue weighted by atomic mass is 10.2. The molecule has 0 aliphatic heterocycles. The van der Waals surface area contributed by atoms with Crippen LogP contribution in [-0.2, 0) is 6.18 Å². The Labute approximate surface area is 94.3 Å². The van der Waals surface area contributed by atoms with Crippen LogP contribution in [0.1, 0.15) is 18.4 Å². The van der Waals surface area contributed by atoms with Crippen molar-refractivity contribution in [3.63, 3.8) is 0 Å². The number of nitrogens with zero attached hydrogens (tertiary/aromatic N) is 2. The van der Waals surface area contributed by atoms with Crippen LogP contribution in [-0.4, -0.2) is 21.0 Å². The zero-order chi connectivity index (χ0) is 12.0. The summed E-state index contributed by atoms with van der Waals surface area (Å²) in [4.78, 5) is 10.2. The summed E-state index contributed by atoms with van der Waals surface area (Å²) in [5.74, 6) is 0.256. The number of anilines is 1. The maximum Gasteiger partial charge on any atom is 0.418 e. The van der Waals surface area contributed by atoms with E-state index < -0.39 is 11.7 Å². The molecule has 7 heteroatoms. The molecular weight excluding hydrogens is 233 g/mol. The summed E-state index contributed by atoms with van der Waals surface area (Å²) in [5.41, 5.74) is -0.522. The summed E-state index contributed by atoms with van der Waals surface area (Å²) in [6, 6.07) is 0.240. The van der Waals surface area contributed by atoms with Crippen molar-refractivity contribution in [3.8, 4) is 0 Å². The zero-order valence-corrected chi connectivity index (χ0v) is 8.67. The second-order valence-corrected chi connectivity index (χ2v) is 4.06. The van der Waals surface area contributed by atoms with Crippen LogP contribution in [0.2, 0.25) is 0 Å². The van der Waals surface area contributed by atoms with Gasteiger partial charge in [-0.3, -0.25) is 0 Å². The number of H-pyrrole nitrogens is 1. The Kier molecular flexibility index (Phi) is 2.04. The van der Waals surface area contributed by atoms with Crippen molar-refractivity contribution in [1.29, 1.82) is 0 Å². The lowest BCUT2D eigenvalue weighted by molar-refractivity contribution is -0.136. The van der Waals surface area contributed by atoms with E-state index in [1.807, 2.05) is 0 Å². The smallest absolute Gasteiger partial charge is 0.367 e. The first-order valence-corrected chi connectivity index (χ1v) is 5.21. The number of alkyl halides is 3. The first kappa shape index (κ1) is 10.4. The summed E-state index contributed by atoms with van der Waals surface area (Å²) in [6.07, 6.45) is -0.279. The van der Waals surface area contributed by atoms with Crippen molar-refractivity contribution < 1.29 is 13.2 Å². The highest BCUT2D eigenvalue weighted by Gasteiger charge is 2.36. The van der Waals surface area contributed by atoms with Crippen molar-refractivity contribution in [3.05, 3.63) is 18.1 Å². The van der Waals surface area contributed by atoms with Gasteiger partial charge in [-0.05, 0) is 12.8 Å². The summed E-state index contributed by atoms with van der Waals surface area (Å²) in [7, 11) is 0. The maximum absolute atomic E-state index is 12.8. The van der Waals surface area contributed by atoms with Gasteiger partial charge in [0, 0.05) is 12.2 Å². The third kappa shape index (κ3) is 1.81. The summed E-state index contributed by atoms with van der Waals surface area (Å²) in [5, 5.41) is 3.01. The van der Waals surface area contributed by atoms with E-state index in [-0.39, 0.29) is 22.9 Å². The monoisotopic (exact) mass is 242 g/mol. The van der Waals surface area contributed by atoms with Crippen molar-refractivity contribution in [2.45, 2.75) is 25.1 Å². The number of aromatic amines is 1. The molecular formula is C10H9F3N4. The van der Waals surface area contributed by atoms with Crippen LogP contribution in [0.5, 0.6) is 0 Å². The molecule has 0 spiro atoms. The van der Waals surface area contributed by atoms with E-state index in [9.17, 15) is 13.2 Å². The highest BCUT2D eigenvalue weighted by Crippen LogP contribution is 2.37. The van der Waals surface area contributed by atoms with Gasteiger partial charge in [0.2, 0.25) is 0 Å². The first-order valence-electron chi connectivity index (χ1n) is 5.21. The van der Waals surface area contributed by atoms with Gasteiger partial charge in [0.1, 0.15) is 17.8 Å². The number of hydrogen-bond donors (Lipinski definition) is 2. The number of rotatable bonds is 2. The Hall–Kier alpha value is -1.79. The van der Waals surface area contributed by atoms with Crippen LogP contribution in [0.3, 0.4) is 0 Å². The lowest BCUT2D eigenvalue weighted by Crippen LogP contribution is -2.08. The maximum atomic E-state index is 12.8. The van der Waals surface area contributed by atoms with Crippen molar-refractivity contribution in [1.82, 2.24) is 15.0 Å². The number of hydrogen-bond acceptors (Lipinski definition) is 3. The number of nitrogens with one attached hydrogen (secondary N) is 2. The minimum Gasteiger partial charge on any atom is -0.367 e. The Morgan fingerprint density at radius 2 is 2.06 bits per heavy atom. The molecule has 0 atom stereocenters. The summed E-state index contributed by atoms with van der Waals surface area (Å²) in [6.45, 7) is 0. The molecule has 2 N–H and O–H groups in total. The minimum atomic E-state index is -4.40. The molecule has 3 rings (SSSR count). The van der Waals surface area contributed by atoms with E-state index in [1.54, 1.807) is 0 Å². The van der Waals surface area contributed by atoms with E-state index in [0.717, 1.165) is 19.0 Å². The standard InChI is InChI=1S/C10H9F3N4/c11-10(12,13)6-3-14-8-7(6)9(16-4-15-8)17-5-1-2-5/h3-5H,1-2H2,(H2,14,15,16,17). The molecule has 2 aromatic rings. The average Bonchev–Trinajstić information content (AvgIpc) is 2.94. The molecule has 1 aliphatic rings. The predicted octanol–water partition coefficient (Wildman–Crippen LogP) is 2.55. The summed E-state index contributed by atoms with van der Waals surface area (Å²) >= 11 is 0. The number of fused-ring (bicyclic) bond motifs is 1. The van der Waals surface area contributed by atoms with E-state index in [1.165, 1.54) is 6.33 Å². The van der Waals surface area contributed by atoms with Gasteiger partial charge in [-0.1, -0.05) is 0 Å². The van der Waals surface area contributed by atoms with Gasteiger partial charge < -0.3 is 10.3 Å². The van der Waals surface area contributed by atoms with E-state index in [4.69, 9.17) is 0 Å². The Morgan fingerprint density at radius 3 is 2.71 bits per heavy atom. The third-order valence-electron chi connectivity index (χ3n) is 2.69. The van der Waals surface area contributed by atoms with Gasteiger partial charge in [0.25, 0.3) is 0 Å². The van der Waals surface area contributed by atoms with Crippen molar-refractivity contribution in [2.24, 2.45) is 0 Å². The first-order chi connectivity index (χ1) is 8.05. The van der Waals surface area contributed by atoms with Crippen LogP contribution >= 0.6 is 0 Å². The van der Waals surface area contributed by atoms with Gasteiger partial charge in [0.15, 0.2) is 0 Å². The molecule has 0 saturated heterocycles. The topological polar surface area (TPSA) is 53.6 Å². The fourth-order valence-corrected chi connectivity index (χ4v) is 1.72. The van der Waals surface area contributed by atoms with Gasteiger partial charge >= 0.3 is 6.18 Å². The fraction of sp³-hybridized carbons (Fsp3) is 0.400. The van der Waals surface area contributed by atoms with Crippen molar-refractivity contribution in [2.75, 3.05) is 5.32 Å². The van der Waals surface area contributed by atoms with Gasteiger partial charge in [0.05, 0.1) is 10.9 Å². The summed E-state index contributed by atoms with van der Waals surface area (Å²) < 4.78 is 38.3. The Morgan fingerprint density at radius 1 is 1.29 bits per heavy atom. The molecule has 1 saturated carbocycles.